The number of hydrogen-bond acceptors (Lipinski definition) is 5. The van der Waals surface area contributed by atoms with Crippen LogP contribution >= 0.6 is 11.6 Å². The molecule has 1 atom stereocenters. The first-order chi connectivity index (χ1) is 16.6. The molecule has 1 aromatic heterocycles. The number of alkyl halides is 3. The predicted molar refractivity (Wildman–Crippen MR) is 122 cm³/mol. The largest absolute Gasteiger partial charge is 0.489 e. The molecule has 0 aliphatic heterocycles. The second kappa shape index (κ2) is 11.7. The van der Waals surface area contributed by atoms with Crippen molar-refractivity contribution in [1.82, 2.24) is 9.88 Å². The molecule has 0 aliphatic rings. The fourth-order valence-corrected chi connectivity index (χ4v) is 3.42. The highest BCUT2D eigenvalue weighted by Crippen LogP contribution is 2.30. The van der Waals surface area contributed by atoms with Crippen LogP contribution < -0.4 is 4.74 Å². The first-order valence-electron chi connectivity index (χ1n) is 10.5. The van der Waals surface area contributed by atoms with Crippen molar-refractivity contribution in [1.29, 1.82) is 0 Å². The summed E-state index contributed by atoms with van der Waals surface area (Å²) < 4.78 is 49.1. The number of benzene rings is 2. The van der Waals surface area contributed by atoms with Gasteiger partial charge in [0.05, 0.1) is 5.56 Å². The van der Waals surface area contributed by atoms with Crippen molar-refractivity contribution in [3.8, 4) is 5.75 Å². The molecule has 0 saturated carbocycles. The third kappa shape index (κ3) is 7.71. The van der Waals surface area contributed by atoms with Gasteiger partial charge in [0.2, 0.25) is 6.10 Å². The normalized spacial score (nSPS) is 12.0. The second-order valence-corrected chi connectivity index (χ2v) is 7.99. The van der Waals surface area contributed by atoms with E-state index in [4.69, 9.17) is 21.1 Å². The lowest BCUT2D eigenvalue weighted by molar-refractivity contribution is -0.161. The number of esters is 1. The number of aromatic nitrogens is 1. The molecule has 0 aliphatic carbocycles. The van der Waals surface area contributed by atoms with Gasteiger partial charge in [-0.2, -0.15) is 13.2 Å². The molecule has 184 valence electrons. The summed E-state index contributed by atoms with van der Waals surface area (Å²) in [5.74, 6) is -1.18. The molecule has 2 aromatic carbocycles. The molecule has 0 radical (unpaired) electrons. The molecule has 0 saturated heterocycles. The molecular formula is C25H22ClF3N2O4. The maximum absolute atomic E-state index is 13.5. The lowest BCUT2D eigenvalue weighted by atomic mass is 10.1. The summed E-state index contributed by atoms with van der Waals surface area (Å²) in [6, 6.07) is 14.5. The van der Waals surface area contributed by atoms with Gasteiger partial charge in [-0.25, -0.2) is 0 Å². The van der Waals surface area contributed by atoms with Crippen LogP contribution in [0.15, 0.2) is 73.1 Å². The molecule has 0 N–H and O–H groups in total. The number of halogens is 4. The Labute approximate surface area is 205 Å². The molecule has 0 fully saturated rings. The van der Waals surface area contributed by atoms with Crippen LogP contribution in [0, 0.1) is 0 Å². The van der Waals surface area contributed by atoms with Crippen molar-refractivity contribution in [2.75, 3.05) is 6.61 Å². The van der Waals surface area contributed by atoms with E-state index in [9.17, 15) is 22.8 Å². The Kier molecular flexibility index (Phi) is 8.70. The molecule has 10 heteroatoms. The van der Waals surface area contributed by atoms with Crippen LogP contribution in [0.5, 0.6) is 5.75 Å². The van der Waals surface area contributed by atoms with E-state index in [1.807, 2.05) is 0 Å². The Morgan fingerprint density at radius 3 is 2.34 bits per heavy atom. The van der Waals surface area contributed by atoms with Gasteiger partial charge in [0, 0.05) is 37.4 Å². The quantitative estimate of drug-likeness (QED) is 0.369. The van der Waals surface area contributed by atoms with Crippen molar-refractivity contribution in [2.45, 2.75) is 32.3 Å². The van der Waals surface area contributed by atoms with Crippen molar-refractivity contribution < 1.29 is 32.2 Å². The third-order valence-corrected chi connectivity index (χ3v) is 5.26. The van der Waals surface area contributed by atoms with Crippen LogP contribution in [-0.2, 0) is 33.6 Å². The second-order valence-electron chi connectivity index (χ2n) is 7.58. The van der Waals surface area contributed by atoms with Crippen molar-refractivity contribution >= 4 is 23.5 Å². The fourth-order valence-electron chi connectivity index (χ4n) is 3.23. The van der Waals surface area contributed by atoms with E-state index < -0.39 is 36.3 Å². The first kappa shape index (κ1) is 26.0. The monoisotopic (exact) mass is 506 g/mol. The Hall–Kier alpha value is -3.59. The topological polar surface area (TPSA) is 68.7 Å². The Bertz CT molecular complexity index is 1140. The van der Waals surface area contributed by atoms with Gasteiger partial charge in [-0.15, -0.1) is 0 Å². The van der Waals surface area contributed by atoms with Crippen LogP contribution in [0.2, 0.25) is 5.02 Å². The van der Waals surface area contributed by atoms with Gasteiger partial charge < -0.3 is 14.4 Å². The van der Waals surface area contributed by atoms with E-state index in [-0.39, 0.29) is 18.8 Å². The minimum atomic E-state index is -4.49. The van der Waals surface area contributed by atoms with Gasteiger partial charge in [-0.3, -0.25) is 14.6 Å². The molecule has 0 bridgehead atoms. The van der Waals surface area contributed by atoms with E-state index in [1.165, 1.54) is 4.90 Å². The number of carbonyl (C=O) groups is 2. The lowest BCUT2D eigenvalue weighted by Crippen LogP contribution is -2.43. The van der Waals surface area contributed by atoms with E-state index in [0.717, 1.165) is 36.8 Å². The number of hydrogen-bond donors (Lipinski definition) is 0. The smallest absolute Gasteiger partial charge is 0.416 e. The van der Waals surface area contributed by atoms with Crippen molar-refractivity contribution in [3.05, 3.63) is 94.8 Å². The van der Waals surface area contributed by atoms with Crippen molar-refractivity contribution in [3.63, 3.8) is 0 Å². The van der Waals surface area contributed by atoms with Crippen LogP contribution in [0.1, 0.15) is 23.6 Å². The molecule has 1 unspecified atom stereocenters. The molecule has 1 heterocycles. The van der Waals surface area contributed by atoms with Gasteiger partial charge in [-0.05, 0) is 47.5 Å². The molecular weight excluding hydrogens is 485 g/mol. The average molecular weight is 507 g/mol. The zero-order chi connectivity index (χ0) is 25.4. The SMILES string of the molecule is CC(=O)OC(COc1ccc(C(F)(F)F)cc1)C(=O)N(Cc1cccnc1)Cc1ccccc1Cl. The highest BCUT2D eigenvalue weighted by Gasteiger charge is 2.31. The van der Waals surface area contributed by atoms with E-state index >= 15 is 0 Å². The number of carbonyl (C=O) groups excluding carboxylic acids is 2. The number of nitrogens with zero attached hydrogens (tertiary/aromatic N) is 2. The third-order valence-electron chi connectivity index (χ3n) is 4.89. The zero-order valence-corrected chi connectivity index (χ0v) is 19.4. The molecule has 0 spiro atoms. The standard InChI is InChI=1S/C25H22ClF3N2O4/c1-17(32)35-23(16-34-21-10-8-20(9-11-21)25(27,28)29)24(33)31(14-18-5-4-12-30-13-18)15-19-6-2-3-7-22(19)26/h2-13,23H,14-16H2,1H3. The maximum Gasteiger partial charge on any atom is 0.416 e. The minimum Gasteiger partial charge on any atom is -0.489 e. The number of rotatable bonds is 9. The summed E-state index contributed by atoms with van der Waals surface area (Å²) in [4.78, 5) is 30.7. The molecule has 6 nitrogen and oxygen atoms in total. The fraction of sp³-hybridized carbons (Fsp3) is 0.240. The van der Waals surface area contributed by atoms with E-state index in [1.54, 1.807) is 48.8 Å². The average Bonchev–Trinajstić information content (AvgIpc) is 2.82. The summed E-state index contributed by atoms with van der Waals surface area (Å²) in [5, 5.41) is 0.460. The summed E-state index contributed by atoms with van der Waals surface area (Å²) in [7, 11) is 0. The summed E-state index contributed by atoms with van der Waals surface area (Å²) in [5.41, 5.74) is 0.578. The van der Waals surface area contributed by atoms with E-state index in [2.05, 4.69) is 4.98 Å². The Morgan fingerprint density at radius 1 is 1.03 bits per heavy atom. The predicted octanol–water partition coefficient (Wildman–Crippen LogP) is 5.29. The Morgan fingerprint density at radius 2 is 1.74 bits per heavy atom. The van der Waals surface area contributed by atoms with Crippen LogP contribution in [0.3, 0.4) is 0 Å². The summed E-state index contributed by atoms with van der Waals surface area (Å²) in [6.07, 6.45) is -2.62. The number of amides is 1. The first-order valence-corrected chi connectivity index (χ1v) is 10.9. The lowest BCUT2D eigenvalue weighted by Gasteiger charge is -2.27. The van der Waals surface area contributed by atoms with Crippen LogP contribution in [-0.4, -0.2) is 34.5 Å². The van der Waals surface area contributed by atoms with Crippen LogP contribution in [0.4, 0.5) is 13.2 Å². The Balaban J connectivity index is 1.81. The van der Waals surface area contributed by atoms with Crippen molar-refractivity contribution in [2.24, 2.45) is 0 Å². The summed E-state index contributed by atoms with van der Waals surface area (Å²) in [6.45, 7) is 1.02. The molecule has 35 heavy (non-hydrogen) atoms. The van der Waals surface area contributed by atoms with Gasteiger partial charge >= 0.3 is 12.1 Å². The van der Waals surface area contributed by atoms with Gasteiger partial charge in [0.1, 0.15) is 12.4 Å². The van der Waals surface area contributed by atoms with Gasteiger partial charge in [-0.1, -0.05) is 35.9 Å². The molecule has 1 amide bonds. The maximum atomic E-state index is 13.5. The highest BCUT2D eigenvalue weighted by molar-refractivity contribution is 6.31. The molecule has 3 aromatic rings. The number of pyridine rings is 1. The molecule has 3 rings (SSSR count). The highest BCUT2D eigenvalue weighted by atomic mass is 35.5. The summed E-state index contributed by atoms with van der Waals surface area (Å²) >= 11 is 6.29. The number of ether oxygens (including phenoxy) is 2. The van der Waals surface area contributed by atoms with Gasteiger partial charge in [0.25, 0.3) is 5.91 Å². The van der Waals surface area contributed by atoms with E-state index in [0.29, 0.717) is 10.6 Å². The zero-order valence-electron chi connectivity index (χ0n) is 18.7. The van der Waals surface area contributed by atoms with Gasteiger partial charge in [0.15, 0.2) is 0 Å². The minimum absolute atomic E-state index is 0.0906. The van der Waals surface area contributed by atoms with Crippen LogP contribution in [0.25, 0.3) is 0 Å².